The highest BCUT2D eigenvalue weighted by molar-refractivity contribution is 5.96. The molecule has 0 aliphatic carbocycles. The molecular weight excluding hydrogens is 490 g/mol. The van der Waals surface area contributed by atoms with Crippen LogP contribution in [0, 0.1) is 6.92 Å². The molecule has 0 spiro atoms. The minimum Gasteiger partial charge on any atom is -0.371 e. The third kappa shape index (κ3) is 6.45. The molecule has 10 nitrogen and oxygen atoms in total. The van der Waals surface area contributed by atoms with Crippen molar-refractivity contribution >= 4 is 28.9 Å². The summed E-state index contributed by atoms with van der Waals surface area (Å²) in [6, 6.07) is 7.34. The summed E-state index contributed by atoms with van der Waals surface area (Å²) in [5, 5.41) is 10.3. The second-order valence-corrected chi connectivity index (χ2v) is 11.7. The molecule has 2 aromatic rings. The summed E-state index contributed by atoms with van der Waals surface area (Å²) in [6.45, 7) is 15.0. The maximum Gasteiger partial charge on any atom is 0.271 e. The number of rotatable bonds is 8. The molecule has 5 N–H and O–H groups in total. The van der Waals surface area contributed by atoms with Crippen LogP contribution in [0.3, 0.4) is 0 Å². The lowest BCUT2D eigenvalue weighted by Gasteiger charge is -2.43. The first-order chi connectivity index (χ1) is 18.8. The molecule has 5 rings (SSSR count). The van der Waals surface area contributed by atoms with Crippen LogP contribution in [-0.2, 0) is 0 Å². The van der Waals surface area contributed by atoms with Crippen molar-refractivity contribution in [2.45, 2.75) is 58.0 Å². The number of hydrogen-bond donors (Lipinski definition) is 4. The van der Waals surface area contributed by atoms with E-state index in [4.69, 9.17) is 10.7 Å². The zero-order valence-corrected chi connectivity index (χ0v) is 24.0. The maximum atomic E-state index is 12.4. The van der Waals surface area contributed by atoms with E-state index < -0.39 is 5.91 Å². The van der Waals surface area contributed by atoms with Gasteiger partial charge in [0.1, 0.15) is 0 Å². The first-order valence-electron chi connectivity index (χ1n) is 14.5. The maximum absolute atomic E-state index is 12.4. The Labute approximate surface area is 232 Å². The van der Waals surface area contributed by atoms with Gasteiger partial charge in [-0.15, -0.1) is 0 Å². The molecule has 0 radical (unpaired) electrons. The minimum atomic E-state index is -0.586. The lowest BCUT2D eigenvalue weighted by atomic mass is 10.0. The summed E-state index contributed by atoms with van der Waals surface area (Å²) in [7, 11) is 2.22. The van der Waals surface area contributed by atoms with Gasteiger partial charge in [0.25, 0.3) is 5.91 Å². The third-order valence-corrected chi connectivity index (χ3v) is 8.42. The molecule has 3 aliphatic heterocycles. The highest BCUT2D eigenvalue weighted by atomic mass is 16.1. The van der Waals surface area contributed by atoms with E-state index >= 15 is 0 Å². The number of piperidine rings is 1. The van der Waals surface area contributed by atoms with E-state index in [-0.39, 0.29) is 17.7 Å². The van der Waals surface area contributed by atoms with Crippen molar-refractivity contribution in [2.75, 3.05) is 74.9 Å². The minimum absolute atomic E-state index is 0.100. The Morgan fingerprint density at radius 1 is 1.05 bits per heavy atom. The first kappa shape index (κ1) is 27.6. The molecular formula is C29H45N9O. The van der Waals surface area contributed by atoms with Gasteiger partial charge in [-0.3, -0.25) is 9.69 Å². The monoisotopic (exact) mass is 535 g/mol. The van der Waals surface area contributed by atoms with Gasteiger partial charge in [-0.05, 0) is 69.5 Å². The highest BCUT2D eigenvalue weighted by Gasteiger charge is 2.27. The van der Waals surface area contributed by atoms with E-state index in [1.807, 2.05) is 0 Å². The van der Waals surface area contributed by atoms with Gasteiger partial charge in [0, 0.05) is 69.3 Å². The van der Waals surface area contributed by atoms with Gasteiger partial charge in [-0.25, -0.2) is 9.97 Å². The molecule has 0 bridgehead atoms. The fourth-order valence-electron chi connectivity index (χ4n) is 6.07. The van der Waals surface area contributed by atoms with Crippen LogP contribution in [0.2, 0.25) is 0 Å². The quantitative estimate of drug-likeness (QED) is 0.405. The van der Waals surface area contributed by atoms with Crippen LogP contribution in [0.4, 0.5) is 23.0 Å². The Hall–Kier alpha value is -2.95. The van der Waals surface area contributed by atoms with Crippen molar-refractivity contribution < 1.29 is 4.79 Å². The lowest BCUT2D eigenvalue weighted by Crippen LogP contribution is -2.52. The number of likely N-dealkylation sites (N-methyl/N-ethyl adjacent to an activating group) is 1. The fraction of sp³-hybridized carbons (Fsp3) is 0.621. The van der Waals surface area contributed by atoms with Crippen LogP contribution in [-0.4, -0.2) is 97.2 Å². The lowest BCUT2D eigenvalue weighted by molar-refractivity contribution is 0.0982. The zero-order valence-electron chi connectivity index (χ0n) is 24.0. The molecule has 3 aliphatic rings. The zero-order chi connectivity index (χ0) is 27.5. The molecule has 3 fully saturated rings. The number of carbonyl (C=O) groups is 1. The number of piperazine rings is 1. The predicted molar refractivity (Wildman–Crippen MR) is 158 cm³/mol. The second-order valence-electron chi connectivity index (χ2n) is 11.7. The molecule has 1 aromatic heterocycles. The van der Waals surface area contributed by atoms with E-state index in [2.05, 4.69) is 81.7 Å². The van der Waals surface area contributed by atoms with Crippen molar-refractivity contribution in [3.8, 4) is 0 Å². The van der Waals surface area contributed by atoms with Crippen LogP contribution in [0.1, 0.15) is 60.8 Å². The summed E-state index contributed by atoms with van der Waals surface area (Å²) >= 11 is 0. The van der Waals surface area contributed by atoms with E-state index in [9.17, 15) is 4.79 Å². The Bertz CT molecular complexity index is 1150. The van der Waals surface area contributed by atoms with Crippen LogP contribution in [0.5, 0.6) is 0 Å². The number of benzene rings is 1. The Kier molecular flexibility index (Phi) is 8.54. The molecule has 4 heterocycles. The normalized spacial score (nSPS) is 21.5. The SMILES string of the molecule is Cc1cc(Nc2nc(N[C@@H]3CCNC3)c(C(C)C)nc2C(N)=O)ccc1N1CCC(N2CCN(C)CC2)CC1. The number of amides is 1. The number of nitrogens with two attached hydrogens (primary N) is 1. The number of primary amides is 1. The summed E-state index contributed by atoms with van der Waals surface area (Å²) in [5.41, 5.74) is 10.0. The number of aryl methyl sites for hydroxylation is 1. The fourth-order valence-corrected chi connectivity index (χ4v) is 6.07. The third-order valence-electron chi connectivity index (χ3n) is 8.42. The average molecular weight is 536 g/mol. The Morgan fingerprint density at radius 3 is 2.41 bits per heavy atom. The molecule has 10 heteroatoms. The van der Waals surface area contributed by atoms with Crippen molar-refractivity contribution in [1.29, 1.82) is 0 Å². The molecule has 39 heavy (non-hydrogen) atoms. The van der Waals surface area contributed by atoms with Crippen LogP contribution in [0.25, 0.3) is 0 Å². The first-order valence-corrected chi connectivity index (χ1v) is 14.5. The van der Waals surface area contributed by atoms with Crippen LogP contribution < -0.4 is 26.6 Å². The molecule has 1 aromatic carbocycles. The highest BCUT2D eigenvalue weighted by Crippen LogP contribution is 2.31. The topological polar surface area (TPSA) is 115 Å². The standard InChI is InChI=1S/C29H45N9O/c1-19(2)25-28(33-22-7-10-31-18-22)35-29(26(34-25)27(30)39)32-21-5-6-24(20(3)17-21)38-11-8-23(9-12-38)37-15-13-36(4)14-16-37/h5-6,17,19,22-23,31H,7-16,18H2,1-4H3,(H2,30,39)(H2,32,33,35)/t22-/m1/s1. The van der Waals surface area contributed by atoms with E-state index in [1.165, 1.54) is 50.3 Å². The van der Waals surface area contributed by atoms with Gasteiger partial charge in [-0.1, -0.05) is 13.8 Å². The van der Waals surface area contributed by atoms with Gasteiger partial charge in [0.15, 0.2) is 17.3 Å². The Morgan fingerprint density at radius 2 is 1.79 bits per heavy atom. The smallest absolute Gasteiger partial charge is 0.271 e. The van der Waals surface area contributed by atoms with Crippen molar-refractivity contribution in [3.05, 3.63) is 35.2 Å². The van der Waals surface area contributed by atoms with Crippen molar-refractivity contribution in [2.24, 2.45) is 5.73 Å². The second kappa shape index (κ2) is 12.1. The number of carbonyl (C=O) groups excluding carboxylic acids is 1. The van der Waals surface area contributed by atoms with E-state index in [0.717, 1.165) is 44.0 Å². The average Bonchev–Trinajstić information content (AvgIpc) is 3.42. The molecule has 212 valence electrons. The van der Waals surface area contributed by atoms with Gasteiger partial charge in [0.2, 0.25) is 0 Å². The largest absolute Gasteiger partial charge is 0.371 e. The van der Waals surface area contributed by atoms with Crippen molar-refractivity contribution in [1.82, 2.24) is 25.1 Å². The van der Waals surface area contributed by atoms with E-state index in [0.29, 0.717) is 17.7 Å². The van der Waals surface area contributed by atoms with E-state index in [1.54, 1.807) is 0 Å². The number of aromatic nitrogens is 2. The number of nitrogens with one attached hydrogen (secondary N) is 3. The van der Waals surface area contributed by atoms with Crippen molar-refractivity contribution in [3.63, 3.8) is 0 Å². The van der Waals surface area contributed by atoms with Crippen LogP contribution >= 0.6 is 0 Å². The summed E-state index contributed by atoms with van der Waals surface area (Å²) in [5.74, 6) is 0.615. The summed E-state index contributed by atoms with van der Waals surface area (Å²) < 4.78 is 0. The van der Waals surface area contributed by atoms with Gasteiger partial charge in [-0.2, -0.15) is 0 Å². The number of anilines is 4. The molecule has 3 saturated heterocycles. The summed E-state index contributed by atoms with van der Waals surface area (Å²) in [4.78, 5) is 29.5. The van der Waals surface area contributed by atoms with Gasteiger partial charge in [0.05, 0.1) is 5.69 Å². The Balaban J connectivity index is 1.30. The predicted octanol–water partition coefficient (Wildman–Crippen LogP) is 2.74. The molecule has 1 amide bonds. The molecule has 0 unspecified atom stereocenters. The summed E-state index contributed by atoms with van der Waals surface area (Å²) in [6.07, 6.45) is 3.43. The number of nitrogens with zero attached hydrogens (tertiary/aromatic N) is 5. The van der Waals surface area contributed by atoms with Gasteiger partial charge >= 0.3 is 0 Å². The molecule has 0 saturated carbocycles. The molecule has 1 atom stereocenters. The van der Waals surface area contributed by atoms with Crippen LogP contribution in [0.15, 0.2) is 18.2 Å². The van der Waals surface area contributed by atoms with Gasteiger partial charge < -0.3 is 31.5 Å². The number of hydrogen-bond acceptors (Lipinski definition) is 9.